The lowest BCUT2D eigenvalue weighted by Gasteiger charge is -2.29. The maximum absolute atomic E-state index is 10.6. The van der Waals surface area contributed by atoms with E-state index in [1.807, 2.05) is 38.1 Å². The van der Waals surface area contributed by atoms with Crippen LogP contribution >= 0.6 is 0 Å². The molecule has 3 N–H and O–H groups in total. The van der Waals surface area contributed by atoms with Gasteiger partial charge in [0.1, 0.15) is 0 Å². The number of rotatable bonds is 9. The Kier molecular flexibility index (Phi) is 10.9. The van der Waals surface area contributed by atoms with Gasteiger partial charge in [0.05, 0.1) is 6.10 Å². The molecule has 2 aromatic carbocycles. The van der Waals surface area contributed by atoms with Crippen LogP contribution in [-0.4, -0.2) is 35.2 Å². The van der Waals surface area contributed by atoms with Crippen molar-refractivity contribution in [3.05, 3.63) is 71.8 Å². The zero-order valence-electron chi connectivity index (χ0n) is 16.8. The molecular weight excluding hydrogens is 320 g/mol. The number of hydrogen-bond donors (Lipinski definition) is 2. The van der Waals surface area contributed by atoms with Crippen LogP contribution in [0.4, 0.5) is 0 Å². The molecule has 0 saturated heterocycles. The molecule has 0 saturated carbocycles. The van der Waals surface area contributed by atoms with Gasteiger partial charge in [-0.2, -0.15) is 0 Å². The predicted octanol–water partition coefficient (Wildman–Crippen LogP) is 4.10. The third kappa shape index (κ3) is 8.61. The Balaban J connectivity index is 0.00000163. The normalized spacial score (nSPS) is 13.2. The Morgan fingerprint density at radius 2 is 1.35 bits per heavy atom. The van der Waals surface area contributed by atoms with Gasteiger partial charge in [-0.1, -0.05) is 88.4 Å². The Labute approximate surface area is 159 Å². The second-order valence-corrected chi connectivity index (χ2v) is 6.99. The van der Waals surface area contributed by atoms with E-state index < -0.39 is 6.10 Å². The van der Waals surface area contributed by atoms with Gasteiger partial charge in [0.2, 0.25) is 0 Å². The standard InChI is InChI=1S/C21H30N2O.C2H6/c1-17(2)14-23(15-19-11-7-4-8-12-19)16-21(24)20(22)13-18-9-5-3-6-10-18;1-2/h3-12,17,20-21,24H,13-16,22H2,1-2H3;1-2H3/t20-,21+;/m0./s1. The van der Waals surface area contributed by atoms with Crippen molar-refractivity contribution in [3.63, 3.8) is 0 Å². The van der Waals surface area contributed by atoms with Gasteiger partial charge in [0.25, 0.3) is 0 Å². The Morgan fingerprint density at radius 1 is 0.846 bits per heavy atom. The quantitative estimate of drug-likeness (QED) is 0.711. The van der Waals surface area contributed by atoms with E-state index in [1.54, 1.807) is 0 Å². The maximum Gasteiger partial charge on any atom is 0.0821 e. The summed E-state index contributed by atoms with van der Waals surface area (Å²) in [6.07, 6.45) is 0.163. The van der Waals surface area contributed by atoms with E-state index in [4.69, 9.17) is 5.73 Å². The molecule has 0 radical (unpaired) electrons. The lowest BCUT2D eigenvalue weighted by Crippen LogP contribution is -2.45. The minimum absolute atomic E-state index is 0.252. The number of nitrogens with two attached hydrogens (primary N) is 1. The molecule has 0 amide bonds. The van der Waals surface area contributed by atoms with Gasteiger partial charge in [0, 0.05) is 25.7 Å². The van der Waals surface area contributed by atoms with Crippen LogP contribution in [0.25, 0.3) is 0 Å². The van der Waals surface area contributed by atoms with Gasteiger partial charge in [-0.05, 0) is 23.5 Å². The highest BCUT2D eigenvalue weighted by molar-refractivity contribution is 5.16. The van der Waals surface area contributed by atoms with Gasteiger partial charge < -0.3 is 10.8 Å². The first kappa shape index (κ1) is 22.4. The van der Waals surface area contributed by atoms with Crippen molar-refractivity contribution in [1.82, 2.24) is 4.90 Å². The minimum Gasteiger partial charge on any atom is -0.390 e. The highest BCUT2D eigenvalue weighted by atomic mass is 16.3. The molecule has 0 unspecified atom stereocenters. The smallest absolute Gasteiger partial charge is 0.0821 e. The summed E-state index contributed by atoms with van der Waals surface area (Å²) in [6.45, 7) is 10.8. The summed E-state index contributed by atoms with van der Waals surface area (Å²) in [7, 11) is 0. The molecule has 2 atom stereocenters. The van der Waals surface area contributed by atoms with E-state index in [2.05, 4.69) is 55.1 Å². The molecule has 3 heteroatoms. The highest BCUT2D eigenvalue weighted by Crippen LogP contribution is 2.11. The van der Waals surface area contributed by atoms with Crippen molar-refractivity contribution in [2.75, 3.05) is 13.1 Å². The van der Waals surface area contributed by atoms with E-state index >= 15 is 0 Å². The summed E-state index contributed by atoms with van der Waals surface area (Å²) < 4.78 is 0. The van der Waals surface area contributed by atoms with Crippen molar-refractivity contribution < 1.29 is 5.11 Å². The van der Waals surface area contributed by atoms with Gasteiger partial charge >= 0.3 is 0 Å². The van der Waals surface area contributed by atoms with Gasteiger partial charge in [0.15, 0.2) is 0 Å². The summed E-state index contributed by atoms with van der Waals surface area (Å²) in [5.41, 5.74) is 8.68. The first-order chi connectivity index (χ1) is 12.5. The third-order valence-electron chi connectivity index (χ3n) is 4.13. The molecule has 0 aromatic heterocycles. The number of aliphatic hydroxyl groups is 1. The maximum atomic E-state index is 10.6. The first-order valence-electron chi connectivity index (χ1n) is 9.78. The van der Waals surface area contributed by atoms with Crippen LogP contribution in [0.5, 0.6) is 0 Å². The summed E-state index contributed by atoms with van der Waals surface area (Å²) in [5, 5.41) is 10.6. The van der Waals surface area contributed by atoms with E-state index in [9.17, 15) is 5.11 Å². The van der Waals surface area contributed by atoms with Crippen LogP contribution in [0.2, 0.25) is 0 Å². The van der Waals surface area contributed by atoms with Gasteiger partial charge in [-0.15, -0.1) is 0 Å². The highest BCUT2D eigenvalue weighted by Gasteiger charge is 2.19. The summed E-state index contributed by atoms with van der Waals surface area (Å²) >= 11 is 0. The first-order valence-corrected chi connectivity index (χ1v) is 9.78. The van der Waals surface area contributed by atoms with E-state index in [0.717, 1.165) is 13.1 Å². The van der Waals surface area contributed by atoms with Crippen molar-refractivity contribution in [2.24, 2.45) is 11.7 Å². The van der Waals surface area contributed by atoms with Crippen LogP contribution < -0.4 is 5.73 Å². The Bertz CT molecular complexity index is 571. The molecule has 2 aromatic rings. The second kappa shape index (κ2) is 12.6. The van der Waals surface area contributed by atoms with Gasteiger partial charge in [-0.25, -0.2) is 0 Å². The van der Waals surface area contributed by atoms with E-state index in [1.165, 1.54) is 11.1 Å². The Morgan fingerprint density at radius 3 is 1.85 bits per heavy atom. The predicted molar refractivity (Wildman–Crippen MR) is 112 cm³/mol. The number of aliphatic hydroxyl groups excluding tert-OH is 1. The average molecular weight is 357 g/mol. The Hall–Kier alpha value is -1.68. The molecule has 0 aliphatic heterocycles. The van der Waals surface area contributed by atoms with Crippen molar-refractivity contribution >= 4 is 0 Å². The average Bonchev–Trinajstić information content (AvgIpc) is 2.64. The van der Waals surface area contributed by atoms with Crippen molar-refractivity contribution in [3.8, 4) is 0 Å². The van der Waals surface area contributed by atoms with Crippen molar-refractivity contribution in [2.45, 2.75) is 52.8 Å². The molecule has 0 heterocycles. The fraction of sp³-hybridized carbons (Fsp3) is 0.478. The molecule has 3 nitrogen and oxygen atoms in total. The van der Waals surface area contributed by atoms with Crippen LogP contribution in [0, 0.1) is 5.92 Å². The lowest BCUT2D eigenvalue weighted by molar-refractivity contribution is 0.0818. The van der Waals surface area contributed by atoms with Gasteiger partial charge in [-0.3, -0.25) is 4.90 Å². The topological polar surface area (TPSA) is 49.5 Å². The number of hydrogen-bond acceptors (Lipinski definition) is 3. The molecule has 2 rings (SSSR count). The van der Waals surface area contributed by atoms with Crippen molar-refractivity contribution in [1.29, 1.82) is 0 Å². The number of benzene rings is 2. The third-order valence-corrected chi connectivity index (χ3v) is 4.13. The zero-order chi connectivity index (χ0) is 19.4. The zero-order valence-corrected chi connectivity index (χ0v) is 16.8. The molecule has 0 aliphatic carbocycles. The van der Waals surface area contributed by atoms with Crippen LogP contribution in [0.1, 0.15) is 38.8 Å². The van der Waals surface area contributed by atoms with Crippen LogP contribution in [0.15, 0.2) is 60.7 Å². The number of nitrogens with zero attached hydrogens (tertiary/aromatic N) is 1. The molecule has 26 heavy (non-hydrogen) atoms. The molecule has 0 bridgehead atoms. The molecule has 0 aliphatic rings. The molecule has 0 fully saturated rings. The second-order valence-electron chi connectivity index (χ2n) is 6.99. The summed E-state index contributed by atoms with van der Waals surface area (Å²) in [4.78, 5) is 2.30. The summed E-state index contributed by atoms with van der Waals surface area (Å²) in [6, 6.07) is 20.3. The lowest BCUT2D eigenvalue weighted by atomic mass is 10.0. The molecule has 0 spiro atoms. The van der Waals surface area contributed by atoms with E-state index in [-0.39, 0.29) is 6.04 Å². The fourth-order valence-corrected chi connectivity index (χ4v) is 2.98. The summed E-state index contributed by atoms with van der Waals surface area (Å²) in [5.74, 6) is 0.547. The SMILES string of the molecule is CC.CC(C)CN(Cc1ccccc1)C[C@@H](O)[C@@H](N)Cc1ccccc1. The van der Waals surface area contributed by atoms with Crippen LogP contribution in [-0.2, 0) is 13.0 Å². The largest absolute Gasteiger partial charge is 0.390 e. The fourth-order valence-electron chi connectivity index (χ4n) is 2.98. The van der Waals surface area contributed by atoms with Crippen LogP contribution in [0.3, 0.4) is 0 Å². The minimum atomic E-state index is -0.535. The molecule has 144 valence electrons. The monoisotopic (exact) mass is 356 g/mol. The van der Waals surface area contributed by atoms with E-state index in [0.29, 0.717) is 18.9 Å². The molecular formula is C23H36N2O.